The highest BCUT2D eigenvalue weighted by atomic mass is 28.4. The lowest BCUT2D eigenvalue weighted by Gasteiger charge is -2.40. The molecule has 2 N–H and O–H groups in total. The van der Waals surface area contributed by atoms with Crippen molar-refractivity contribution in [2.75, 3.05) is 13.7 Å². The molecule has 1 aromatic heterocycles. The minimum absolute atomic E-state index is 0.0393. The molecule has 2 saturated heterocycles. The van der Waals surface area contributed by atoms with Crippen molar-refractivity contribution in [3.63, 3.8) is 0 Å². The predicted molar refractivity (Wildman–Crippen MR) is 104 cm³/mol. The van der Waals surface area contributed by atoms with E-state index in [0.717, 1.165) is 0 Å². The van der Waals surface area contributed by atoms with Gasteiger partial charge in [-0.2, -0.15) is 0 Å². The molecule has 10 nitrogen and oxygen atoms in total. The first-order valence-corrected chi connectivity index (χ1v) is 12.5. The number of amides is 1. The minimum atomic E-state index is -2.19. The van der Waals surface area contributed by atoms with Crippen molar-refractivity contribution in [1.82, 2.24) is 14.9 Å². The van der Waals surface area contributed by atoms with Gasteiger partial charge in [-0.05, 0) is 18.1 Å². The molecule has 2 bridgehead atoms. The first kappa shape index (κ1) is 20.3. The Bertz CT molecular complexity index is 967. The molecule has 1 aromatic rings. The number of carbonyl (C=O) groups excluding carboxylic acids is 1. The first-order valence-electron chi connectivity index (χ1n) is 9.54. The van der Waals surface area contributed by atoms with Crippen LogP contribution in [0.3, 0.4) is 0 Å². The van der Waals surface area contributed by atoms with E-state index in [9.17, 15) is 14.4 Å². The van der Waals surface area contributed by atoms with E-state index in [2.05, 4.69) is 44.2 Å². The molecule has 160 valence electrons. The minimum Gasteiger partial charge on any atom is -0.453 e. The van der Waals surface area contributed by atoms with Gasteiger partial charge in [0.25, 0.3) is 5.56 Å². The molecule has 2 aliphatic heterocycles. The summed E-state index contributed by atoms with van der Waals surface area (Å²) < 4.78 is 24.9. The summed E-state index contributed by atoms with van der Waals surface area (Å²) in [4.78, 5) is 38.1. The topological polar surface area (TPSA) is 121 Å². The fourth-order valence-corrected chi connectivity index (χ4v) is 5.47. The first-order chi connectivity index (χ1) is 13.4. The highest BCUT2D eigenvalue weighted by Crippen LogP contribution is 2.69. The van der Waals surface area contributed by atoms with Crippen molar-refractivity contribution in [2.45, 2.75) is 68.5 Å². The monoisotopic (exact) mass is 425 g/mol. The Hall–Kier alpha value is -1.95. The Morgan fingerprint density at radius 2 is 2.07 bits per heavy atom. The summed E-state index contributed by atoms with van der Waals surface area (Å²) in [6.45, 7) is 10.9. The summed E-state index contributed by atoms with van der Waals surface area (Å²) >= 11 is 0. The number of carbonyl (C=O) groups is 1. The van der Waals surface area contributed by atoms with E-state index in [4.69, 9.17) is 18.6 Å². The van der Waals surface area contributed by atoms with Gasteiger partial charge < -0.3 is 24.0 Å². The lowest BCUT2D eigenvalue weighted by atomic mass is 10.1. The van der Waals surface area contributed by atoms with Gasteiger partial charge in [-0.25, -0.2) is 9.59 Å². The molecule has 11 heteroatoms. The lowest BCUT2D eigenvalue weighted by Crippen LogP contribution is -2.54. The molecule has 3 aliphatic rings. The van der Waals surface area contributed by atoms with E-state index in [1.165, 1.54) is 23.9 Å². The third-order valence-electron chi connectivity index (χ3n) is 6.81. The maximum atomic E-state index is 12.3. The van der Waals surface area contributed by atoms with Gasteiger partial charge in [0.05, 0.1) is 13.7 Å². The van der Waals surface area contributed by atoms with Crippen LogP contribution in [0.25, 0.3) is 0 Å². The molecule has 0 spiro atoms. The average molecular weight is 426 g/mol. The van der Waals surface area contributed by atoms with Crippen LogP contribution in [-0.2, 0) is 18.6 Å². The summed E-state index contributed by atoms with van der Waals surface area (Å²) in [7, 11) is -0.901. The number of rotatable bonds is 4. The van der Waals surface area contributed by atoms with E-state index in [1.54, 1.807) is 0 Å². The zero-order chi connectivity index (χ0) is 21.4. The fraction of sp³-hybridized carbons (Fsp3) is 0.722. The van der Waals surface area contributed by atoms with Crippen LogP contribution in [0.2, 0.25) is 18.1 Å². The third kappa shape index (κ3) is 2.60. The molecule has 1 unspecified atom stereocenters. The molecule has 1 amide bonds. The average Bonchev–Trinajstić information content (AvgIpc) is 2.87. The van der Waals surface area contributed by atoms with Gasteiger partial charge in [0, 0.05) is 12.3 Å². The van der Waals surface area contributed by atoms with Gasteiger partial charge in [0.2, 0.25) is 0 Å². The number of hydrogen-bond donors (Lipinski definition) is 2. The number of alkyl carbamates (subject to hydrolysis) is 1. The molecule has 3 heterocycles. The van der Waals surface area contributed by atoms with E-state index in [-0.39, 0.29) is 11.6 Å². The second-order valence-corrected chi connectivity index (χ2v) is 14.1. The molecule has 3 fully saturated rings. The standard InChI is InChI=1S/C18H27N3O7Si/c1-16(2,3)29(5,6)28-13-17-9-26-11(18(13,17)20-15(24)25-4)12(27-17)21-8-7-10(22)19-14(21)23/h7-8,11-13H,9H2,1-6H3,(H,20,24)(H,19,22,23)/t11-,12+,13?,17+,18+/m0/s1. The Kier molecular flexibility index (Phi) is 4.23. The molecule has 5 atom stereocenters. The molecule has 1 aliphatic carbocycles. The molecule has 0 radical (unpaired) electrons. The highest BCUT2D eigenvalue weighted by molar-refractivity contribution is 6.74. The Morgan fingerprint density at radius 3 is 2.66 bits per heavy atom. The van der Waals surface area contributed by atoms with E-state index < -0.39 is 55.2 Å². The van der Waals surface area contributed by atoms with Crippen molar-refractivity contribution < 1.29 is 23.4 Å². The van der Waals surface area contributed by atoms with Crippen molar-refractivity contribution in [2.24, 2.45) is 0 Å². The third-order valence-corrected chi connectivity index (χ3v) is 11.2. The van der Waals surface area contributed by atoms with Crippen molar-refractivity contribution >= 4 is 14.4 Å². The zero-order valence-corrected chi connectivity index (χ0v) is 18.4. The van der Waals surface area contributed by atoms with Gasteiger partial charge in [0.15, 0.2) is 14.5 Å². The second-order valence-electron chi connectivity index (χ2n) is 9.39. The van der Waals surface area contributed by atoms with Gasteiger partial charge in [-0.1, -0.05) is 20.8 Å². The number of ether oxygens (including phenoxy) is 3. The van der Waals surface area contributed by atoms with Gasteiger partial charge in [-0.15, -0.1) is 0 Å². The predicted octanol–water partition coefficient (Wildman–Crippen LogP) is 0.702. The Morgan fingerprint density at radius 1 is 1.38 bits per heavy atom. The zero-order valence-electron chi connectivity index (χ0n) is 17.4. The summed E-state index contributed by atoms with van der Waals surface area (Å²) in [6.07, 6.45) is -1.14. The number of nitrogens with zero attached hydrogens (tertiary/aromatic N) is 1. The summed E-state index contributed by atoms with van der Waals surface area (Å²) in [5.41, 5.74) is -2.98. The lowest BCUT2D eigenvalue weighted by molar-refractivity contribution is -0.189. The number of nitrogens with one attached hydrogen (secondary N) is 2. The smallest absolute Gasteiger partial charge is 0.407 e. The van der Waals surface area contributed by atoms with Gasteiger partial charge in [-0.3, -0.25) is 14.3 Å². The van der Waals surface area contributed by atoms with Gasteiger partial charge in [0.1, 0.15) is 23.3 Å². The second kappa shape index (κ2) is 6.03. The highest BCUT2D eigenvalue weighted by Gasteiger charge is 2.93. The van der Waals surface area contributed by atoms with E-state index in [0.29, 0.717) is 0 Å². The van der Waals surface area contributed by atoms with Crippen molar-refractivity contribution in [1.29, 1.82) is 0 Å². The quantitative estimate of drug-likeness (QED) is 0.681. The fourth-order valence-electron chi connectivity index (χ4n) is 4.16. The van der Waals surface area contributed by atoms with Crippen molar-refractivity contribution in [3.05, 3.63) is 33.1 Å². The summed E-state index contributed by atoms with van der Waals surface area (Å²) in [6, 6.07) is 1.24. The van der Waals surface area contributed by atoms with Crippen LogP contribution in [0.4, 0.5) is 4.79 Å². The molecule has 29 heavy (non-hydrogen) atoms. The largest absolute Gasteiger partial charge is 0.453 e. The van der Waals surface area contributed by atoms with Crippen LogP contribution >= 0.6 is 0 Å². The summed E-state index contributed by atoms with van der Waals surface area (Å²) in [5, 5.41) is 2.85. The molecule has 1 saturated carbocycles. The SMILES string of the molecule is COC(=O)N[C@]12C(O[Si](C)(C)C(C)(C)C)[C@]13CO[C@H]2[C@H](n1ccc(=O)[nH]c1=O)O3. The number of hydrogen-bond acceptors (Lipinski definition) is 7. The maximum Gasteiger partial charge on any atom is 0.407 e. The number of aromatic nitrogens is 2. The Labute approximate surface area is 168 Å². The van der Waals surface area contributed by atoms with Crippen LogP contribution in [0, 0.1) is 0 Å². The molecule has 0 aromatic carbocycles. The van der Waals surface area contributed by atoms with Crippen LogP contribution in [0.5, 0.6) is 0 Å². The summed E-state index contributed by atoms with van der Waals surface area (Å²) in [5.74, 6) is 0. The normalized spacial score (nSPS) is 35.3. The van der Waals surface area contributed by atoms with Crippen LogP contribution < -0.4 is 16.6 Å². The van der Waals surface area contributed by atoms with E-state index in [1.807, 2.05) is 0 Å². The number of aromatic amines is 1. The van der Waals surface area contributed by atoms with Crippen molar-refractivity contribution in [3.8, 4) is 0 Å². The maximum absolute atomic E-state index is 12.3. The molecule has 4 rings (SSSR count). The van der Waals surface area contributed by atoms with Crippen LogP contribution in [0.15, 0.2) is 21.9 Å². The number of H-pyrrole nitrogens is 1. The number of methoxy groups -OCH3 is 1. The molecular weight excluding hydrogens is 398 g/mol. The Balaban J connectivity index is 1.71. The van der Waals surface area contributed by atoms with Gasteiger partial charge >= 0.3 is 11.8 Å². The van der Waals surface area contributed by atoms with Crippen LogP contribution in [0.1, 0.15) is 27.0 Å². The molecular formula is C18H27N3O7Si. The van der Waals surface area contributed by atoms with Crippen LogP contribution in [-0.4, -0.2) is 61.0 Å². The van der Waals surface area contributed by atoms with E-state index >= 15 is 0 Å².